The van der Waals surface area contributed by atoms with Gasteiger partial charge in [0.2, 0.25) is 11.1 Å². The highest BCUT2D eigenvalue weighted by molar-refractivity contribution is 8.00. The van der Waals surface area contributed by atoms with Gasteiger partial charge in [0.05, 0.1) is 6.04 Å². The fourth-order valence-electron chi connectivity index (χ4n) is 1.82. The van der Waals surface area contributed by atoms with E-state index in [-0.39, 0.29) is 17.2 Å². The molecule has 2 aromatic rings. The van der Waals surface area contributed by atoms with Gasteiger partial charge in [0.25, 0.3) is 0 Å². The van der Waals surface area contributed by atoms with E-state index in [1.807, 2.05) is 44.2 Å². The van der Waals surface area contributed by atoms with Crippen molar-refractivity contribution < 1.29 is 4.79 Å². The lowest BCUT2D eigenvalue weighted by molar-refractivity contribution is -0.128. The summed E-state index contributed by atoms with van der Waals surface area (Å²) in [6.07, 6.45) is 0. The molecule has 1 unspecified atom stereocenters. The number of hydrogen-bond acceptors (Lipinski definition) is 5. The molecule has 1 aromatic heterocycles. The van der Waals surface area contributed by atoms with Crippen molar-refractivity contribution in [2.75, 3.05) is 14.1 Å². The number of rotatable bonds is 5. The van der Waals surface area contributed by atoms with Crippen LogP contribution in [0.3, 0.4) is 0 Å². The lowest BCUT2D eigenvalue weighted by atomic mass is 10.1. The third kappa shape index (κ3) is 3.60. The molecule has 0 spiro atoms. The lowest BCUT2D eigenvalue weighted by Crippen LogP contribution is -2.27. The molecular weight excluding hydrogens is 286 g/mol. The van der Waals surface area contributed by atoms with Crippen LogP contribution in [-0.4, -0.2) is 45.1 Å². The fourth-order valence-corrected chi connectivity index (χ4v) is 3.07. The van der Waals surface area contributed by atoms with Crippen molar-refractivity contribution in [1.29, 1.82) is 0 Å². The minimum absolute atomic E-state index is 0.0181. The van der Waals surface area contributed by atoms with E-state index in [0.29, 0.717) is 5.16 Å². The Hall–Kier alpha value is -1.89. The molecule has 7 heteroatoms. The van der Waals surface area contributed by atoms with Gasteiger partial charge in [-0.3, -0.25) is 4.79 Å². The first-order valence-electron chi connectivity index (χ1n) is 6.71. The van der Waals surface area contributed by atoms with E-state index in [2.05, 4.69) is 15.5 Å². The van der Waals surface area contributed by atoms with E-state index in [4.69, 9.17) is 0 Å². The van der Waals surface area contributed by atoms with Crippen LogP contribution in [0.4, 0.5) is 0 Å². The average molecular weight is 305 g/mol. The third-order valence-corrected chi connectivity index (χ3v) is 4.13. The molecule has 0 N–H and O–H groups in total. The highest BCUT2D eigenvalue weighted by Gasteiger charge is 2.26. The Morgan fingerprint density at radius 3 is 2.48 bits per heavy atom. The first-order valence-corrected chi connectivity index (χ1v) is 7.59. The van der Waals surface area contributed by atoms with Crippen molar-refractivity contribution in [3.63, 3.8) is 0 Å². The van der Waals surface area contributed by atoms with Crippen LogP contribution in [0, 0.1) is 0 Å². The van der Waals surface area contributed by atoms with Gasteiger partial charge in [-0.05, 0) is 29.8 Å². The molecule has 0 radical (unpaired) electrons. The molecule has 6 nitrogen and oxygen atoms in total. The van der Waals surface area contributed by atoms with Crippen LogP contribution < -0.4 is 0 Å². The summed E-state index contributed by atoms with van der Waals surface area (Å²) in [6.45, 7) is 4.01. The van der Waals surface area contributed by atoms with Crippen molar-refractivity contribution in [3.8, 4) is 0 Å². The van der Waals surface area contributed by atoms with Gasteiger partial charge in [0.15, 0.2) is 0 Å². The summed E-state index contributed by atoms with van der Waals surface area (Å²) in [7, 11) is 3.51. The van der Waals surface area contributed by atoms with Crippen LogP contribution in [0.1, 0.15) is 30.7 Å². The van der Waals surface area contributed by atoms with Crippen LogP contribution >= 0.6 is 11.8 Å². The summed E-state index contributed by atoms with van der Waals surface area (Å²) >= 11 is 1.38. The second-order valence-electron chi connectivity index (χ2n) is 5.14. The SMILES string of the molecule is CC(C)n1nnnc1SC(C(=O)N(C)C)c1ccccc1. The van der Waals surface area contributed by atoms with Gasteiger partial charge in [-0.2, -0.15) is 0 Å². The van der Waals surface area contributed by atoms with E-state index < -0.39 is 0 Å². The van der Waals surface area contributed by atoms with Gasteiger partial charge >= 0.3 is 0 Å². The van der Waals surface area contributed by atoms with Gasteiger partial charge in [0, 0.05) is 14.1 Å². The molecule has 0 aliphatic carbocycles. The molecule has 1 atom stereocenters. The maximum Gasteiger partial charge on any atom is 0.240 e. The molecule has 0 aliphatic rings. The molecular formula is C14H19N5OS. The van der Waals surface area contributed by atoms with Crippen LogP contribution in [-0.2, 0) is 4.79 Å². The highest BCUT2D eigenvalue weighted by Crippen LogP contribution is 2.35. The second-order valence-corrected chi connectivity index (χ2v) is 6.21. The fraction of sp³-hybridized carbons (Fsp3) is 0.429. The first kappa shape index (κ1) is 15.5. The van der Waals surface area contributed by atoms with E-state index >= 15 is 0 Å². The highest BCUT2D eigenvalue weighted by atomic mass is 32.2. The van der Waals surface area contributed by atoms with Crippen molar-refractivity contribution in [3.05, 3.63) is 35.9 Å². The largest absolute Gasteiger partial charge is 0.348 e. The van der Waals surface area contributed by atoms with Crippen molar-refractivity contribution in [2.24, 2.45) is 0 Å². The number of carbonyl (C=O) groups is 1. The quantitative estimate of drug-likeness (QED) is 0.792. The average Bonchev–Trinajstić information content (AvgIpc) is 2.93. The number of thioether (sulfide) groups is 1. The lowest BCUT2D eigenvalue weighted by Gasteiger charge is -2.20. The van der Waals surface area contributed by atoms with Gasteiger partial charge in [0.1, 0.15) is 5.25 Å². The Morgan fingerprint density at radius 1 is 1.24 bits per heavy atom. The molecule has 21 heavy (non-hydrogen) atoms. The topological polar surface area (TPSA) is 63.9 Å². The summed E-state index contributed by atoms with van der Waals surface area (Å²) in [6, 6.07) is 9.83. The van der Waals surface area contributed by atoms with E-state index in [1.54, 1.807) is 23.7 Å². The minimum atomic E-state index is -0.357. The summed E-state index contributed by atoms with van der Waals surface area (Å²) in [5.41, 5.74) is 0.944. The zero-order valence-electron chi connectivity index (χ0n) is 12.6. The number of nitrogens with zero attached hydrogens (tertiary/aromatic N) is 5. The molecule has 0 saturated carbocycles. The van der Waals surface area contributed by atoms with Crippen molar-refractivity contribution in [1.82, 2.24) is 25.1 Å². The number of amides is 1. The number of likely N-dealkylation sites (N-methyl/N-ethyl adjacent to an activating group) is 1. The molecule has 0 fully saturated rings. The van der Waals surface area contributed by atoms with Gasteiger partial charge in [-0.1, -0.05) is 42.1 Å². The van der Waals surface area contributed by atoms with Crippen LogP contribution in [0.5, 0.6) is 0 Å². The molecule has 0 bridgehead atoms. The summed E-state index contributed by atoms with van der Waals surface area (Å²) < 4.78 is 1.73. The van der Waals surface area contributed by atoms with Crippen LogP contribution in [0.2, 0.25) is 0 Å². The molecule has 1 heterocycles. The molecule has 0 saturated heterocycles. The Labute approximate surface area is 128 Å². The molecule has 1 aromatic carbocycles. The molecule has 1 amide bonds. The monoisotopic (exact) mass is 305 g/mol. The smallest absolute Gasteiger partial charge is 0.240 e. The van der Waals surface area contributed by atoms with Crippen LogP contribution in [0.25, 0.3) is 0 Å². The van der Waals surface area contributed by atoms with Crippen molar-refractivity contribution in [2.45, 2.75) is 30.3 Å². The molecule has 112 valence electrons. The zero-order chi connectivity index (χ0) is 15.4. The van der Waals surface area contributed by atoms with Gasteiger partial charge in [-0.15, -0.1) is 5.10 Å². The third-order valence-electron chi connectivity index (χ3n) is 2.94. The number of aromatic nitrogens is 4. The predicted molar refractivity (Wildman–Crippen MR) is 81.9 cm³/mol. The minimum Gasteiger partial charge on any atom is -0.348 e. The maximum absolute atomic E-state index is 12.5. The summed E-state index contributed by atoms with van der Waals surface area (Å²) in [4.78, 5) is 14.1. The summed E-state index contributed by atoms with van der Waals surface area (Å²) in [5, 5.41) is 12.0. The number of benzene rings is 1. The normalized spacial score (nSPS) is 12.4. The number of hydrogen-bond donors (Lipinski definition) is 0. The van der Waals surface area contributed by atoms with E-state index in [9.17, 15) is 4.79 Å². The second kappa shape index (κ2) is 6.71. The Morgan fingerprint density at radius 2 is 1.90 bits per heavy atom. The Bertz CT molecular complexity index is 596. The Kier molecular flexibility index (Phi) is 4.95. The number of carbonyl (C=O) groups excluding carboxylic acids is 1. The molecule has 0 aliphatic heterocycles. The van der Waals surface area contributed by atoms with Gasteiger partial charge in [-0.25, -0.2) is 4.68 Å². The zero-order valence-corrected chi connectivity index (χ0v) is 13.4. The standard InChI is InChI=1S/C14H19N5OS/c1-10(2)19-14(15-16-17-19)21-12(13(20)18(3)4)11-8-6-5-7-9-11/h5-10,12H,1-4H3. The predicted octanol–water partition coefficient (Wildman–Crippen LogP) is 2.18. The van der Waals surface area contributed by atoms with E-state index in [0.717, 1.165) is 5.56 Å². The van der Waals surface area contributed by atoms with E-state index in [1.165, 1.54) is 11.8 Å². The van der Waals surface area contributed by atoms with Gasteiger partial charge < -0.3 is 4.90 Å². The van der Waals surface area contributed by atoms with Crippen molar-refractivity contribution >= 4 is 17.7 Å². The maximum atomic E-state index is 12.5. The summed E-state index contributed by atoms with van der Waals surface area (Å²) in [5.74, 6) is 0.0181. The van der Waals surface area contributed by atoms with Crippen LogP contribution in [0.15, 0.2) is 35.5 Å². The first-order chi connectivity index (χ1) is 10.0. The number of tetrazole rings is 1. The Balaban J connectivity index is 2.33. The molecule has 2 rings (SSSR count).